The minimum atomic E-state index is -1.18. The topological polar surface area (TPSA) is 140 Å². The van der Waals surface area contributed by atoms with Gasteiger partial charge in [-0.25, -0.2) is 9.28 Å². The summed E-state index contributed by atoms with van der Waals surface area (Å²) in [6, 6.07) is 13.2. The predicted octanol–water partition coefficient (Wildman–Crippen LogP) is 2.91. The second-order valence-electron chi connectivity index (χ2n) is 13.0. The number of nitrogens with one attached hydrogen (secondary N) is 3. The number of nitrogens with two attached hydrogens (primary N) is 1. The van der Waals surface area contributed by atoms with Crippen molar-refractivity contribution in [1.82, 2.24) is 16.0 Å². The van der Waals surface area contributed by atoms with E-state index in [9.17, 15) is 14.4 Å². The van der Waals surface area contributed by atoms with Crippen molar-refractivity contribution in [2.24, 2.45) is 17.6 Å². The summed E-state index contributed by atoms with van der Waals surface area (Å²) in [5.41, 5.74) is 7.85. The van der Waals surface area contributed by atoms with Crippen molar-refractivity contribution in [3.05, 3.63) is 71.9 Å². The Labute approximate surface area is 266 Å². The number of carbonyl (C=O) groups excluding carboxylic acids is 4. The van der Waals surface area contributed by atoms with Gasteiger partial charge in [0.1, 0.15) is 17.8 Å². The fourth-order valence-electron chi connectivity index (χ4n) is 6.77. The van der Waals surface area contributed by atoms with Gasteiger partial charge in [0, 0.05) is 25.5 Å². The highest BCUT2D eigenvalue weighted by atomic mass is 16.5. The molecule has 3 aliphatic rings. The maximum Gasteiger partial charge on any atom is 0.332 e. The van der Waals surface area contributed by atoms with E-state index in [1.54, 1.807) is 31.5 Å². The standard InChI is InChI=1S/C35H47N5O5/c1-22(2)20-27-33(42)38-18-17-24-13-15-26(16-14-24)45-31(23(3)4)30(34(43)39-27)40(19-9-12-29(40)32(36)41)35(44)28(37-5)21-25-10-7-6-8-11-25/h6-8,10-11,13-18,22-23,27-31,37H,9,12,19-21H2,1-5H3,(H3-,36,38,39,41,42,43)/p+1/b18-17-/t27-,28-,29-,30-,31+,40?/m0/s1. The molecule has 10 nitrogen and oxygen atoms in total. The van der Waals surface area contributed by atoms with Crippen LogP contribution < -0.4 is 26.4 Å². The molecule has 0 aromatic heterocycles. The number of fused-ring (bicyclic) bond motifs is 10. The van der Waals surface area contributed by atoms with E-state index in [1.807, 2.05) is 70.2 Å². The molecule has 2 aromatic rings. The maximum absolute atomic E-state index is 15.0. The Morgan fingerprint density at radius 1 is 1.02 bits per heavy atom. The second-order valence-corrected chi connectivity index (χ2v) is 13.0. The average Bonchev–Trinajstić information content (AvgIpc) is 3.45. The summed E-state index contributed by atoms with van der Waals surface area (Å²) < 4.78 is 6.13. The molecule has 2 aromatic carbocycles. The van der Waals surface area contributed by atoms with E-state index in [-0.39, 0.29) is 30.2 Å². The molecule has 0 spiro atoms. The Kier molecular flexibility index (Phi) is 11.2. The number of hydrogen-bond donors (Lipinski definition) is 4. The van der Waals surface area contributed by atoms with Crippen LogP contribution in [0, 0.1) is 11.8 Å². The molecule has 242 valence electrons. The number of carbonyl (C=O) groups is 4. The van der Waals surface area contributed by atoms with E-state index in [1.165, 1.54) is 0 Å². The van der Waals surface area contributed by atoms with E-state index < -0.39 is 46.6 Å². The van der Waals surface area contributed by atoms with Crippen LogP contribution in [-0.4, -0.2) is 72.0 Å². The van der Waals surface area contributed by atoms with Crippen LogP contribution in [0.4, 0.5) is 0 Å². The Balaban J connectivity index is 1.92. The lowest BCUT2D eigenvalue weighted by Gasteiger charge is -2.46. The molecule has 10 heteroatoms. The lowest BCUT2D eigenvalue weighted by Crippen LogP contribution is -2.76. The van der Waals surface area contributed by atoms with Gasteiger partial charge in [-0.3, -0.25) is 14.4 Å². The molecule has 0 aliphatic carbocycles. The zero-order valence-corrected chi connectivity index (χ0v) is 27.0. The molecule has 45 heavy (non-hydrogen) atoms. The number of benzene rings is 2. The third-order valence-corrected chi connectivity index (χ3v) is 8.96. The highest BCUT2D eigenvalue weighted by molar-refractivity contribution is 5.93. The fourth-order valence-corrected chi connectivity index (χ4v) is 6.77. The van der Waals surface area contributed by atoms with Crippen molar-refractivity contribution in [1.29, 1.82) is 0 Å². The van der Waals surface area contributed by atoms with Crippen molar-refractivity contribution in [3.63, 3.8) is 0 Å². The molecule has 3 heterocycles. The largest absolute Gasteiger partial charge is 0.483 e. The molecule has 6 atom stereocenters. The molecule has 4 amide bonds. The van der Waals surface area contributed by atoms with Crippen molar-refractivity contribution in [2.75, 3.05) is 13.6 Å². The first-order chi connectivity index (χ1) is 21.5. The van der Waals surface area contributed by atoms with Crippen LogP contribution in [0.5, 0.6) is 5.75 Å². The van der Waals surface area contributed by atoms with Crippen molar-refractivity contribution in [2.45, 2.75) is 83.6 Å². The molecule has 2 bridgehead atoms. The SMILES string of the molecule is CN[C@@H](Cc1ccccc1)C(=O)[N+]1([C@@H]2C(=O)N[C@@H](CC(C)C)C(=O)N/C=C\c3ccc(cc3)O[C@@H]2C(C)C)CCC[C@H]1C(N)=O. The molecule has 1 fully saturated rings. The van der Waals surface area contributed by atoms with Crippen LogP contribution in [0.25, 0.3) is 6.08 Å². The third-order valence-electron chi connectivity index (χ3n) is 8.96. The zero-order chi connectivity index (χ0) is 32.7. The summed E-state index contributed by atoms with van der Waals surface area (Å²) in [6.45, 7) is 8.04. The number of amides is 4. The number of nitrogens with zero attached hydrogens (tertiary/aromatic N) is 1. The van der Waals surface area contributed by atoms with Crippen LogP contribution in [0.1, 0.15) is 58.1 Å². The Morgan fingerprint density at radius 2 is 1.71 bits per heavy atom. The first-order valence-electron chi connectivity index (χ1n) is 15.9. The average molecular weight is 619 g/mol. The smallest absolute Gasteiger partial charge is 0.332 e. The van der Waals surface area contributed by atoms with Crippen LogP contribution in [-0.2, 0) is 25.6 Å². The van der Waals surface area contributed by atoms with Crippen LogP contribution >= 0.6 is 0 Å². The highest BCUT2D eigenvalue weighted by Gasteiger charge is 2.63. The summed E-state index contributed by atoms with van der Waals surface area (Å²) in [4.78, 5) is 56.5. The lowest BCUT2D eigenvalue weighted by atomic mass is 9.90. The van der Waals surface area contributed by atoms with Gasteiger partial charge in [0.15, 0.2) is 12.1 Å². The summed E-state index contributed by atoms with van der Waals surface area (Å²) in [6.07, 6.45) is 4.10. The van der Waals surface area contributed by atoms with E-state index in [2.05, 4.69) is 16.0 Å². The fraction of sp³-hybridized carbons (Fsp3) is 0.486. The van der Waals surface area contributed by atoms with E-state index >= 15 is 4.79 Å². The Bertz CT molecular complexity index is 1380. The number of likely N-dealkylation sites (tertiary alicyclic amines) is 1. The van der Waals surface area contributed by atoms with Gasteiger partial charge in [-0.1, -0.05) is 70.2 Å². The number of rotatable bonds is 9. The van der Waals surface area contributed by atoms with Crippen molar-refractivity contribution >= 4 is 29.7 Å². The first-order valence-corrected chi connectivity index (χ1v) is 15.9. The maximum atomic E-state index is 15.0. The van der Waals surface area contributed by atoms with Gasteiger partial charge in [0.2, 0.25) is 11.9 Å². The minimum absolute atomic E-state index is 0.0841. The Hall–Kier alpha value is -4.02. The van der Waals surface area contributed by atoms with E-state index in [4.69, 9.17) is 10.5 Å². The Morgan fingerprint density at radius 3 is 2.31 bits per heavy atom. The molecule has 3 aliphatic heterocycles. The van der Waals surface area contributed by atoms with Gasteiger partial charge in [0.05, 0.1) is 6.54 Å². The number of quaternary nitrogens is 1. The highest BCUT2D eigenvalue weighted by Crippen LogP contribution is 2.37. The first kappa shape index (κ1) is 33.9. The summed E-state index contributed by atoms with van der Waals surface area (Å²) >= 11 is 0. The minimum Gasteiger partial charge on any atom is -0.483 e. The number of primary amides is 1. The number of likely N-dealkylation sites (N-methyl/N-ethyl adjacent to an activating group) is 1. The van der Waals surface area contributed by atoms with Gasteiger partial charge < -0.3 is 26.4 Å². The van der Waals surface area contributed by atoms with Crippen LogP contribution in [0.15, 0.2) is 60.8 Å². The monoisotopic (exact) mass is 618 g/mol. The molecular weight excluding hydrogens is 570 g/mol. The number of ether oxygens (including phenoxy) is 1. The van der Waals surface area contributed by atoms with Crippen LogP contribution in [0.2, 0.25) is 0 Å². The van der Waals surface area contributed by atoms with Gasteiger partial charge in [0.25, 0.3) is 11.8 Å². The molecule has 1 saturated heterocycles. The summed E-state index contributed by atoms with van der Waals surface area (Å²) in [7, 11) is 1.71. The third kappa shape index (κ3) is 7.62. The second kappa shape index (κ2) is 14.8. The number of hydrogen-bond acceptors (Lipinski definition) is 6. The van der Waals surface area contributed by atoms with Crippen molar-refractivity contribution < 1.29 is 28.4 Å². The molecular formula is C35H48N5O5+. The predicted molar refractivity (Wildman–Crippen MR) is 173 cm³/mol. The summed E-state index contributed by atoms with van der Waals surface area (Å²) in [5.74, 6) is -1.49. The normalized spacial score (nSPS) is 26.9. The van der Waals surface area contributed by atoms with Gasteiger partial charge in [-0.05, 0) is 54.6 Å². The molecule has 0 saturated carbocycles. The van der Waals surface area contributed by atoms with E-state index in [0.717, 1.165) is 11.1 Å². The van der Waals surface area contributed by atoms with Gasteiger partial charge in [-0.2, -0.15) is 0 Å². The molecule has 5 N–H and O–H groups in total. The quantitative estimate of drug-likeness (QED) is 0.319. The molecule has 0 radical (unpaired) electrons. The zero-order valence-electron chi connectivity index (χ0n) is 27.0. The summed E-state index contributed by atoms with van der Waals surface area (Å²) in [5, 5.41) is 8.98. The van der Waals surface area contributed by atoms with Crippen molar-refractivity contribution in [3.8, 4) is 5.75 Å². The van der Waals surface area contributed by atoms with Gasteiger partial charge >= 0.3 is 5.91 Å². The van der Waals surface area contributed by atoms with E-state index in [0.29, 0.717) is 31.4 Å². The van der Waals surface area contributed by atoms with Crippen LogP contribution in [0.3, 0.4) is 0 Å². The van der Waals surface area contributed by atoms with Gasteiger partial charge in [-0.15, -0.1) is 0 Å². The molecule has 5 rings (SSSR count). The molecule has 1 unspecified atom stereocenters. The lowest BCUT2D eigenvalue weighted by molar-refractivity contribution is -0.877.